The number of aliphatic hydroxyl groups excluding tert-OH is 1. The van der Waals surface area contributed by atoms with Gasteiger partial charge in [0, 0.05) is 6.54 Å². The average molecular weight is 654 g/mol. The molecule has 258 valence electrons. The second kappa shape index (κ2) is 16.9. The first kappa shape index (κ1) is 37.9. The van der Waals surface area contributed by atoms with Crippen LogP contribution in [0.15, 0.2) is 0 Å². The molecule has 0 spiro atoms. The van der Waals surface area contributed by atoms with Gasteiger partial charge in [-0.2, -0.15) is 0 Å². The summed E-state index contributed by atoms with van der Waals surface area (Å²) in [5.41, 5.74) is 0. The van der Waals surface area contributed by atoms with E-state index in [0.29, 0.717) is 6.42 Å². The molecule has 7 amide bonds. The van der Waals surface area contributed by atoms with E-state index in [9.17, 15) is 48.6 Å². The lowest BCUT2D eigenvalue weighted by Gasteiger charge is -2.31. The topological polar surface area (TPSA) is 252 Å². The van der Waals surface area contributed by atoms with Crippen molar-refractivity contribution in [1.82, 2.24) is 36.8 Å². The van der Waals surface area contributed by atoms with Gasteiger partial charge in [-0.15, -0.1) is 0 Å². The van der Waals surface area contributed by atoms with Crippen LogP contribution in [0.5, 0.6) is 0 Å². The number of hydrogen-bond acceptors (Lipinski definition) is 9. The molecule has 2 rings (SSSR count). The molecule has 2 saturated heterocycles. The summed E-state index contributed by atoms with van der Waals surface area (Å²) in [6, 6.07) is -7.83. The fourth-order valence-electron chi connectivity index (χ4n) is 5.20. The van der Waals surface area contributed by atoms with Crippen molar-refractivity contribution in [3.63, 3.8) is 0 Å². The number of carbonyl (C=O) groups excluding carboxylic acids is 7. The molecule has 0 radical (unpaired) electrons. The van der Waals surface area contributed by atoms with Crippen molar-refractivity contribution in [2.75, 3.05) is 13.1 Å². The van der Waals surface area contributed by atoms with Crippen molar-refractivity contribution >= 4 is 47.3 Å². The number of carbonyl (C=O) groups is 8. The number of carboxylic acid groups (broad SMARTS) is 1. The van der Waals surface area contributed by atoms with Crippen LogP contribution in [0.4, 0.5) is 0 Å². The molecule has 2 heterocycles. The summed E-state index contributed by atoms with van der Waals surface area (Å²) in [6.45, 7) is 8.97. The van der Waals surface area contributed by atoms with Gasteiger partial charge in [0.05, 0.1) is 19.1 Å². The number of fused-ring (bicyclic) bond motifs is 1. The van der Waals surface area contributed by atoms with Gasteiger partial charge in [-0.3, -0.25) is 38.4 Å². The predicted molar refractivity (Wildman–Crippen MR) is 161 cm³/mol. The van der Waals surface area contributed by atoms with Crippen molar-refractivity contribution in [2.45, 2.75) is 110 Å². The van der Waals surface area contributed by atoms with E-state index < -0.39 is 109 Å². The van der Waals surface area contributed by atoms with Crippen LogP contribution in [0.2, 0.25) is 0 Å². The summed E-state index contributed by atoms with van der Waals surface area (Å²) in [4.78, 5) is 105. The summed E-state index contributed by atoms with van der Waals surface area (Å²) in [5, 5.41) is 34.4. The van der Waals surface area contributed by atoms with E-state index >= 15 is 0 Å². The quantitative estimate of drug-likeness (QED) is 0.145. The maximum absolute atomic E-state index is 13.5. The average Bonchev–Trinajstić information content (AvgIpc) is 3.45. The van der Waals surface area contributed by atoms with E-state index in [1.54, 1.807) is 27.7 Å². The molecule has 0 unspecified atom stereocenters. The van der Waals surface area contributed by atoms with Gasteiger partial charge in [-0.05, 0) is 44.9 Å². The number of rotatable bonds is 6. The van der Waals surface area contributed by atoms with Crippen LogP contribution in [-0.2, 0) is 38.4 Å². The number of nitrogens with one attached hydrogen (secondary N) is 6. The van der Waals surface area contributed by atoms with Gasteiger partial charge in [0.2, 0.25) is 41.4 Å². The molecular formula is C29H47N7O10. The van der Waals surface area contributed by atoms with Crippen LogP contribution in [0.25, 0.3) is 0 Å². The Labute approximate surface area is 267 Å². The number of carboxylic acids is 1. The van der Waals surface area contributed by atoms with E-state index in [-0.39, 0.29) is 25.3 Å². The second-order valence-electron chi connectivity index (χ2n) is 12.5. The number of amides is 7. The van der Waals surface area contributed by atoms with Gasteiger partial charge in [-0.25, -0.2) is 0 Å². The Bertz CT molecular complexity index is 1190. The minimum Gasteiger partial charge on any atom is -0.481 e. The molecule has 0 aromatic carbocycles. The minimum atomic E-state index is -1.63. The van der Waals surface area contributed by atoms with Crippen molar-refractivity contribution < 1.29 is 48.6 Å². The first-order valence-electron chi connectivity index (χ1n) is 15.4. The predicted octanol–water partition coefficient (Wildman–Crippen LogP) is -2.89. The van der Waals surface area contributed by atoms with Crippen molar-refractivity contribution in [1.29, 1.82) is 0 Å². The monoisotopic (exact) mass is 653 g/mol. The van der Waals surface area contributed by atoms with E-state index in [2.05, 4.69) is 31.9 Å². The Hall–Kier alpha value is -4.28. The van der Waals surface area contributed by atoms with Crippen LogP contribution in [0, 0.1) is 11.8 Å². The van der Waals surface area contributed by atoms with Crippen LogP contribution in [0.1, 0.15) is 67.2 Å². The fraction of sp³-hybridized carbons (Fsp3) is 0.724. The zero-order valence-corrected chi connectivity index (χ0v) is 27.0. The van der Waals surface area contributed by atoms with Gasteiger partial charge in [0.15, 0.2) is 0 Å². The van der Waals surface area contributed by atoms with Gasteiger partial charge < -0.3 is 47.0 Å². The molecule has 7 atom stereocenters. The second-order valence-corrected chi connectivity index (χ2v) is 12.5. The Kier molecular flexibility index (Phi) is 13.9. The molecule has 8 N–H and O–H groups in total. The molecule has 2 aliphatic rings. The lowest BCUT2D eigenvalue weighted by atomic mass is 10.0. The zero-order chi connectivity index (χ0) is 34.9. The Morgan fingerprint density at radius 1 is 0.804 bits per heavy atom. The van der Waals surface area contributed by atoms with E-state index in [4.69, 9.17) is 0 Å². The Morgan fingerprint density at radius 2 is 1.41 bits per heavy atom. The zero-order valence-electron chi connectivity index (χ0n) is 27.0. The van der Waals surface area contributed by atoms with E-state index in [1.165, 1.54) is 18.7 Å². The number of aliphatic carboxylic acids is 1. The summed E-state index contributed by atoms with van der Waals surface area (Å²) >= 11 is 0. The lowest BCUT2D eigenvalue weighted by molar-refractivity contribution is -0.144. The van der Waals surface area contributed by atoms with Gasteiger partial charge >= 0.3 is 5.97 Å². The third kappa shape index (κ3) is 10.7. The lowest BCUT2D eigenvalue weighted by Crippen LogP contribution is -2.61. The maximum atomic E-state index is 13.5. The smallest absolute Gasteiger partial charge is 0.305 e. The van der Waals surface area contributed by atoms with E-state index in [1.807, 2.05) is 0 Å². The van der Waals surface area contributed by atoms with Crippen molar-refractivity contribution in [3.8, 4) is 0 Å². The van der Waals surface area contributed by atoms with Crippen molar-refractivity contribution in [2.24, 2.45) is 11.8 Å². The fourth-order valence-corrected chi connectivity index (χ4v) is 5.20. The number of aliphatic hydroxyl groups is 1. The Balaban J connectivity index is 2.49. The molecule has 17 nitrogen and oxygen atoms in total. The summed E-state index contributed by atoms with van der Waals surface area (Å²) < 4.78 is 0. The molecule has 17 heteroatoms. The highest BCUT2D eigenvalue weighted by atomic mass is 16.4. The maximum Gasteiger partial charge on any atom is 0.305 e. The van der Waals surface area contributed by atoms with Crippen molar-refractivity contribution in [3.05, 3.63) is 0 Å². The first-order chi connectivity index (χ1) is 21.4. The highest BCUT2D eigenvalue weighted by Crippen LogP contribution is 2.20. The highest BCUT2D eigenvalue weighted by Gasteiger charge is 2.41. The number of nitrogens with zero attached hydrogens (tertiary/aromatic N) is 1. The molecule has 0 aliphatic carbocycles. The molecule has 46 heavy (non-hydrogen) atoms. The van der Waals surface area contributed by atoms with Gasteiger partial charge in [0.25, 0.3) is 0 Å². The normalized spacial score (nSPS) is 28.6. The molecule has 2 fully saturated rings. The summed E-state index contributed by atoms with van der Waals surface area (Å²) in [5.74, 6) is -7.71. The van der Waals surface area contributed by atoms with Gasteiger partial charge in [0.1, 0.15) is 36.3 Å². The molecule has 2 aliphatic heterocycles. The molecule has 0 bridgehead atoms. The third-order valence-corrected chi connectivity index (χ3v) is 7.68. The van der Waals surface area contributed by atoms with Crippen LogP contribution < -0.4 is 31.9 Å². The number of hydrogen-bond donors (Lipinski definition) is 8. The van der Waals surface area contributed by atoms with Gasteiger partial charge in [-0.1, -0.05) is 27.7 Å². The molecule has 0 saturated carbocycles. The largest absolute Gasteiger partial charge is 0.481 e. The highest BCUT2D eigenvalue weighted by molar-refractivity contribution is 5.98. The third-order valence-electron chi connectivity index (χ3n) is 7.68. The van der Waals surface area contributed by atoms with Crippen LogP contribution in [0.3, 0.4) is 0 Å². The summed E-state index contributed by atoms with van der Waals surface area (Å²) in [6.07, 6.45) is -1.42. The standard InChI is InChI=1S/C29H47N7O10/c1-13(2)10-17-26(43)33-18(11-21(39)40)25(42)31-15(5)24(41)34-22(14(3)4)28(45)35-23(16(6)37)29(46)36-9-7-8-19(36)27(44)30-12-20(38)32-17/h13-19,22-23,37H,7-12H2,1-6H3,(H,30,44)(H,31,42)(H,32,38)(H,33,43)(H,34,41)(H,35,45)(H,39,40)/t15-,16+,17-,18-,19-,22-,23-/m0/s1. The van der Waals surface area contributed by atoms with Crippen LogP contribution >= 0.6 is 0 Å². The Morgan fingerprint density at radius 3 is 1.98 bits per heavy atom. The SMILES string of the molecule is CC(C)C[C@@H]1NC(=O)CNC(=O)[C@@H]2CCCN2C(=O)[C@H]([C@@H](C)O)NC(=O)[C@H](C(C)C)NC(=O)[C@H](C)NC(=O)[C@H](CC(=O)O)NC1=O. The molecular weight excluding hydrogens is 606 g/mol. The molecule has 0 aromatic heterocycles. The summed E-state index contributed by atoms with van der Waals surface area (Å²) in [7, 11) is 0. The van der Waals surface area contributed by atoms with E-state index in [0.717, 1.165) is 0 Å². The molecule has 0 aromatic rings. The van der Waals surface area contributed by atoms with Crippen LogP contribution in [-0.4, -0.2) is 118 Å². The minimum absolute atomic E-state index is 0.106. The first-order valence-corrected chi connectivity index (χ1v) is 15.4.